The Balaban J connectivity index is 1.65. The molecule has 0 aliphatic heterocycles. The fraction of sp³-hybridized carbons (Fsp3) is 0.381. The maximum Gasteiger partial charge on any atom is 0.338 e. The highest BCUT2D eigenvalue weighted by molar-refractivity contribution is 5.93. The van der Waals surface area contributed by atoms with E-state index in [1.54, 1.807) is 35.9 Å². The van der Waals surface area contributed by atoms with E-state index in [1.807, 2.05) is 20.8 Å². The predicted molar refractivity (Wildman–Crippen MR) is 112 cm³/mol. The fourth-order valence-corrected chi connectivity index (χ4v) is 2.95. The topological polar surface area (TPSA) is 108 Å². The first kappa shape index (κ1) is 21.2. The van der Waals surface area contributed by atoms with Gasteiger partial charge in [0.1, 0.15) is 5.39 Å². The standard InChI is InChI=1S/C21H25N5O4/c1-5-30-20(29)14-6-8-15(9-7-14)24-17(27)10-11-25-13-22-18-16(19(25)28)12-23-26(18)21(2,3)4/h6-9,12-13H,5,10-11H2,1-4H3,(H,24,27). The van der Waals surface area contributed by atoms with Gasteiger partial charge in [-0.25, -0.2) is 14.5 Å². The van der Waals surface area contributed by atoms with Crippen LogP contribution in [0, 0.1) is 0 Å². The van der Waals surface area contributed by atoms with Crippen LogP contribution in [-0.4, -0.2) is 37.8 Å². The van der Waals surface area contributed by atoms with Crippen LogP contribution in [0.4, 0.5) is 5.69 Å². The quantitative estimate of drug-likeness (QED) is 0.625. The van der Waals surface area contributed by atoms with Crippen molar-refractivity contribution in [2.24, 2.45) is 0 Å². The summed E-state index contributed by atoms with van der Waals surface area (Å²) in [5.74, 6) is -0.663. The minimum atomic E-state index is -0.410. The summed E-state index contributed by atoms with van der Waals surface area (Å²) >= 11 is 0. The van der Waals surface area contributed by atoms with Gasteiger partial charge in [0, 0.05) is 18.7 Å². The average Bonchev–Trinajstić information content (AvgIpc) is 3.14. The molecule has 0 spiro atoms. The zero-order valence-corrected chi connectivity index (χ0v) is 17.5. The molecule has 1 amide bonds. The Kier molecular flexibility index (Phi) is 6.00. The molecular weight excluding hydrogens is 386 g/mol. The number of hydrogen-bond donors (Lipinski definition) is 1. The highest BCUT2D eigenvalue weighted by atomic mass is 16.5. The van der Waals surface area contributed by atoms with Crippen LogP contribution >= 0.6 is 0 Å². The summed E-state index contributed by atoms with van der Waals surface area (Å²) in [5.41, 5.74) is 0.963. The number of esters is 1. The molecule has 0 unspecified atom stereocenters. The molecule has 0 bridgehead atoms. The van der Waals surface area contributed by atoms with E-state index in [0.717, 1.165) is 0 Å². The maximum absolute atomic E-state index is 12.7. The highest BCUT2D eigenvalue weighted by Gasteiger charge is 2.19. The Morgan fingerprint density at radius 2 is 1.87 bits per heavy atom. The number of carbonyl (C=O) groups excluding carboxylic acids is 2. The van der Waals surface area contributed by atoms with Crippen LogP contribution in [0.15, 0.2) is 41.6 Å². The summed E-state index contributed by atoms with van der Waals surface area (Å²) < 4.78 is 8.04. The van der Waals surface area contributed by atoms with Crippen LogP contribution < -0.4 is 10.9 Å². The molecule has 30 heavy (non-hydrogen) atoms. The second-order valence-corrected chi connectivity index (χ2v) is 7.80. The average molecular weight is 411 g/mol. The molecule has 158 valence electrons. The van der Waals surface area contributed by atoms with E-state index in [4.69, 9.17) is 4.74 Å². The Morgan fingerprint density at radius 1 is 1.17 bits per heavy atom. The molecule has 0 fully saturated rings. The minimum Gasteiger partial charge on any atom is -0.462 e. The maximum atomic E-state index is 12.7. The lowest BCUT2D eigenvalue weighted by Gasteiger charge is -2.19. The number of anilines is 1. The van der Waals surface area contributed by atoms with Gasteiger partial charge in [-0.2, -0.15) is 5.10 Å². The first-order chi connectivity index (χ1) is 14.2. The van der Waals surface area contributed by atoms with E-state index in [1.165, 1.54) is 17.1 Å². The molecule has 0 radical (unpaired) electrons. The molecule has 9 heteroatoms. The molecule has 0 saturated heterocycles. The van der Waals surface area contributed by atoms with Crippen LogP contribution in [0.5, 0.6) is 0 Å². The molecule has 0 atom stereocenters. The van der Waals surface area contributed by atoms with E-state index < -0.39 is 5.97 Å². The Bertz CT molecular complexity index is 1120. The molecule has 3 aromatic rings. The number of fused-ring (bicyclic) bond motifs is 1. The van der Waals surface area contributed by atoms with Crippen molar-refractivity contribution in [3.05, 3.63) is 52.7 Å². The zero-order valence-electron chi connectivity index (χ0n) is 17.5. The van der Waals surface area contributed by atoms with Gasteiger partial charge < -0.3 is 10.1 Å². The number of nitrogens with zero attached hydrogens (tertiary/aromatic N) is 4. The highest BCUT2D eigenvalue weighted by Crippen LogP contribution is 2.17. The zero-order chi connectivity index (χ0) is 21.9. The lowest BCUT2D eigenvalue weighted by atomic mass is 10.1. The van der Waals surface area contributed by atoms with E-state index in [9.17, 15) is 14.4 Å². The second kappa shape index (κ2) is 8.48. The van der Waals surface area contributed by atoms with Gasteiger partial charge in [0.2, 0.25) is 5.91 Å². The number of rotatable bonds is 6. The van der Waals surface area contributed by atoms with Crippen molar-refractivity contribution in [3.63, 3.8) is 0 Å². The molecule has 1 N–H and O–H groups in total. The van der Waals surface area contributed by atoms with Crippen LogP contribution in [-0.2, 0) is 21.6 Å². The number of nitrogens with one attached hydrogen (secondary N) is 1. The fourth-order valence-electron chi connectivity index (χ4n) is 2.95. The summed E-state index contributed by atoms with van der Waals surface area (Å²) in [6.07, 6.45) is 3.05. The third kappa shape index (κ3) is 4.56. The number of aryl methyl sites for hydroxylation is 1. The summed E-state index contributed by atoms with van der Waals surface area (Å²) in [6, 6.07) is 6.43. The number of hydrogen-bond acceptors (Lipinski definition) is 6. The normalized spacial score (nSPS) is 11.5. The van der Waals surface area contributed by atoms with Gasteiger partial charge >= 0.3 is 5.97 Å². The second-order valence-electron chi connectivity index (χ2n) is 7.80. The van der Waals surface area contributed by atoms with Gasteiger partial charge in [-0.15, -0.1) is 0 Å². The van der Waals surface area contributed by atoms with E-state index in [0.29, 0.717) is 28.9 Å². The van der Waals surface area contributed by atoms with Crippen molar-refractivity contribution >= 4 is 28.6 Å². The smallest absolute Gasteiger partial charge is 0.338 e. The predicted octanol–water partition coefficient (Wildman–Crippen LogP) is 2.55. The van der Waals surface area contributed by atoms with Gasteiger partial charge in [-0.3, -0.25) is 14.2 Å². The number of ether oxygens (including phenoxy) is 1. The lowest BCUT2D eigenvalue weighted by Crippen LogP contribution is -2.26. The molecule has 0 saturated carbocycles. The Morgan fingerprint density at radius 3 is 2.50 bits per heavy atom. The molecule has 2 aromatic heterocycles. The summed E-state index contributed by atoms with van der Waals surface area (Å²) in [4.78, 5) is 41.0. The van der Waals surface area contributed by atoms with Crippen molar-refractivity contribution in [2.75, 3.05) is 11.9 Å². The number of amides is 1. The molecule has 3 rings (SSSR count). The Labute approximate surface area is 173 Å². The number of benzene rings is 1. The molecule has 9 nitrogen and oxygen atoms in total. The largest absolute Gasteiger partial charge is 0.462 e. The SMILES string of the molecule is CCOC(=O)c1ccc(NC(=O)CCn2cnc3c(cnn3C(C)(C)C)c2=O)cc1. The monoisotopic (exact) mass is 411 g/mol. The molecule has 0 aliphatic rings. The van der Waals surface area contributed by atoms with Gasteiger partial charge in [0.15, 0.2) is 5.65 Å². The Hall–Kier alpha value is -3.49. The number of carbonyl (C=O) groups is 2. The van der Waals surface area contributed by atoms with Crippen LogP contribution in [0.25, 0.3) is 11.0 Å². The summed E-state index contributed by atoms with van der Waals surface area (Å²) in [6.45, 7) is 8.17. The van der Waals surface area contributed by atoms with Crippen molar-refractivity contribution in [1.82, 2.24) is 19.3 Å². The lowest BCUT2D eigenvalue weighted by molar-refractivity contribution is -0.116. The molecular formula is C21H25N5O4. The molecule has 1 aromatic carbocycles. The first-order valence-electron chi connectivity index (χ1n) is 9.71. The van der Waals surface area contributed by atoms with Gasteiger partial charge in [0.25, 0.3) is 5.56 Å². The third-order valence-electron chi connectivity index (χ3n) is 4.45. The van der Waals surface area contributed by atoms with Crippen molar-refractivity contribution in [3.8, 4) is 0 Å². The van der Waals surface area contributed by atoms with E-state index in [2.05, 4.69) is 15.4 Å². The van der Waals surface area contributed by atoms with Gasteiger partial charge in [0.05, 0.1) is 30.2 Å². The van der Waals surface area contributed by atoms with Crippen molar-refractivity contribution in [1.29, 1.82) is 0 Å². The van der Waals surface area contributed by atoms with Crippen LogP contribution in [0.1, 0.15) is 44.5 Å². The minimum absolute atomic E-state index is 0.0974. The third-order valence-corrected chi connectivity index (χ3v) is 4.45. The summed E-state index contributed by atoms with van der Waals surface area (Å²) in [5, 5.41) is 7.45. The molecule has 0 aliphatic carbocycles. The van der Waals surface area contributed by atoms with Crippen LogP contribution in [0.3, 0.4) is 0 Å². The van der Waals surface area contributed by atoms with E-state index >= 15 is 0 Å². The first-order valence-corrected chi connectivity index (χ1v) is 9.71. The van der Waals surface area contributed by atoms with E-state index in [-0.39, 0.29) is 30.0 Å². The van der Waals surface area contributed by atoms with Crippen LogP contribution in [0.2, 0.25) is 0 Å². The summed E-state index contributed by atoms with van der Waals surface area (Å²) in [7, 11) is 0. The van der Waals surface area contributed by atoms with Gasteiger partial charge in [-0.1, -0.05) is 0 Å². The van der Waals surface area contributed by atoms with Crippen molar-refractivity contribution in [2.45, 2.75) is 46.2 Å². The number of aromatic nitrogens is 4. The molecule has 2 heterocycles. The van der Waals surface area contributed by atoms with Crippen molar-refractivity contribution < 1.29 is 14.3 Å². The van der Waals surface area contributed by atoms with Gasteiger partial charge in [-0.05, 0) is 52.0 Å².